The highest BCUT2D eigenvalue weighted by Gasteiger charge is 2.56. The van der Waals surface area contributed by atoms with Gasteiger partial charge in [0.25, 0.3) is 0 Å². The summed E-state index contributed by atoms with van der Waals surface area (Å²) in [6, 6.07) is 0. The van der Waals surface area contributed by atoms with Crippen molar-refractivity contribution in [3.05, 3.63) is 48.6 Å². The molecule has 0 amide bonds. The lowest BCUT2D eigenvalue weighted by atomic mass is 9.83. The number of ether oxygens (including phenoxy) is 2. The Morgan fingerprint density at radius 2 is 1.02 bits per heavy atom. The molecule has 0 aromatic heterocycles. The van der Waals surface area contributed by atoms with Gasteiger partial charge in [0.05, 0.1) is 11.2 Å². The Balaban J connectivity index is 2.34. The Hall–Kier alpha value is -3.65. The molecule has 0 saturated carbocycles. The molecule has 0 fully saturated rings. The second-order valence-electron chi connectivity index (χ2n) is 11.1. The second kappa shape index (κ2) is 14.0. The van der Waals surface area contributed by atoms with E-state index in [2.05, 4.69) is 0 Å². The van der Waals surface area contributed by atoms with Gasteiger partial charge in [-0.2, -0.15) is 0 Å². The highest BCUT2D eigenvalue weighted by Crippen LogP contribution is 2.35. The summed E-state index contributed by atoms with van der Waals surface area (Å²) in [7, 11) is 0. The number of carbonyl (C=O) groups is 5. The van der Waals surface area contributed by atoms with E-state index in [0.717, 1.165) is 24.3 Å². The number of carboxylic acids is 2. The Bertz CT molecular complexity index is 1070. The van der Waals surface area contributed by atoms with Crippen molar-refractivity contribution in [1.82, 2.24) is 0 Å². The fourth-order valence-corrected chi connectivity index (χ4v) is 4.37. The molecule has 2 N–H and O–H groups in total. The zero-order valence-corrected chi connectivity index (χ0v) is 24.5. The lowest BCUT2D eigenvalue weighted by molar-refractivity contribution is -0.396. The van der Waals surface area contributed by atoms with Gasteiger partial charge in [0.1, 0.15) is 11.8 Å². The highest BCUT2D eigenvalue weighted by atomic mass is 17.2. The van der Waals surface area contributed by atoms with Crippen molar-refractivity contribution >= 4 is 30.0 Å². The van der Waals surface area contributed by atoms with Gasteiger partial charge in [0, 0.05) is 0 Å². The van der Waals surface area contributed by atoms with E-state index in [1.54, 1.807) is 27.7 Å². The van der Waals surface area contributed by atoms with Crippen molar-refractivity contribution in [2.24, 2.45) is 11.8 Å². The minimum atomic E-state index is -2.48. The van der Waals surface area contributed by atoms with E-state index >= 15 is 0 Å². The maximum atomic E-state index is 13.3. The summed E-state index contributed by atoms with van der Waals surface area (Å²) >= 11 is 0. The Morgan fingerprint density at radius 1 is 0.667 bits per heavy atom. The summed E-state index contributed by atoms with van der Waals surface area (Å²) in [5.41, 5.74) is -6.88. The van der Waals surface area contributed by atoms with Crippen LogP contribution in [-0.2, 0) is 48.2 Å². The molecule has 42 heavy (non-hydrogen) atoms. The summed E-state index contributed by atoms with van der Waals surface area (Å²) in [5.74, 6) is -9.52. The summed E-state index contributed by atoms with van der Waals surface area (Å²) in [6.45, 7) is 10.3. The molecule has 0 saturated heterocycles. The molecule has 0 heterocycles. The first-order chi connectivity index (χ1) is 19.6. The molecule has 2 aliphatic carbocycles. The maximum Gasteiger partial charge on any atom is 0.524 e. The van der Waals surface area contributed by atoms with E-state index in [4.69, 9.17) is 29.0 Å². The molecule has 0 aromatic rings. The summed E-state index contributed by atoms with van der Waals surface area (Å²) < 4.78 is 9.45. The predicted octanol–water partition coefficient (Wildman–Crippen LogP) is 4.38. The first-order valence-electron chi connectivity index (χ1n) is 13.5. The molecular weight excluding hydrogens is 556 g/mol. The zero-order chi connectivity index (χ0) is 31.8. The smallest absolute Gasteiger partial charge is 0.481 e. The molecule has 0 bridgehead atoms. The van der Waals surface area contributed by atoms with Gasteiger partial charge in [-0.05, 0) is 52.7 Å². The topological polar surface area (TPSA) is 181 Å². The molecule has 4 unspecified atom stereocenters. The lowest BCUT2D eigenvalue weighted by Crippen LogP contribution is -2.54. The van der Waals surface area contributed by atoms with Crippen LogP contribution in [0.4, 0.5) is 4.79 Å². The van der Waals surface area contributed by atoms with E-state index in [-0.39, 0.29) is 0 Å². The van der Waals surface area contributed by atoms with Crippen LogP contribution in [0.5, 0.6) is 0 Å². The number of hydrogen-bond donors (Lipinski definition) is 2. The molecular formula is C29H38O13. The number of allylic oxidation sites excluding steroid dienone is 4. The third kappa shape index (κ3) is 8.22. The van der Waals surface area contributed by atoms with Crippen LogP contribution in [-0.4, -0.2) is 62.6 Å². The van der Waals surface area contributed by atoms with Crippen LogP contribution < -0.4 is 0 Å². The van der Waals surface area contributed by atoms with Gasteiger partial charge in [0.2, 0.25) is 11.2 Å². The summed E-state index contributed by atoms with van der Waals surface area (Å²) in [4.78, 5) is 85.0. The average Bonchev–Trinajstić information content (AvgIpc) is 2.90. The largest absolute Gasteiger partial charge is 0.524 e. The molecule has 13 nitrogen and oxygen atoms in total. The van der Waals surface area contributed by atoms with Crippen LogP contribution in [0.1, 0.15) is 67.2 Å². The Labute approximate surface area is 243 Å². The van der Waals surface area contributed by atoms with Crippen molar-refractivity contribution in [2.45, 2.75) is 89.6 Å². The Kier molecular flexibility index (Phi) is 11.5. The van der Waals surface area contributed by atoms with Crippen molar-refractivity contribution in [3.8, 4) is 0 Å². The summed E-state index contributed by atoms with van der Waals surface area (Å²) in [6.07, 6.45) is 10.0. The second-order valence-corrected chi connectivity index (χ2v) is 11.1. The van der Waals surface area contributed by atoms with Crippen molar-refractivity contribution < 1.29 is 63.2 Å². The molecule has 2 aliphatic rings. The van der Waals surface area contributed by atoms with Crippen molar-refractivity contribution in [1.29, 1.82) is 0 Å². The van der Waals surface area contributed by atoms with Crippen LogP contribution in [0.2, 0.25) is 0 Å². The first-order valence-corrected chi connectivity index (χ1v) is 13.5. The van der Waals surface area contributed by atoms with Gasteiger partial charge in [-0.15, -0.1) is 0 Å². The number of carbonyl (C=O) groups excluding carboxylic acids is 3. The number of carboxylic acid groups (broad SMARTS) is 2. The first kappa shape index (κ1) is 34.6. The van der Waals surface area contributed by atoms with Gasteiger partial charge in [-0.25, -0.2) is 33.9 Å². The van der Waals surface area contributed by atoms with Crippen LogP contribution in [0, 0.1) is 11.8 Å². The van der Waals surface area contributed by atoms with Crippen molar-refractivity contribution in [2.75, 3.05) is 0 Å². The monoisotopic (exact) mass is 594 g/mol. The number of aliphatic carboxylic acids is 2. The molecule has 4 atom stereocenters. The van der Waals surface area contributed by atoms with E-state index in [1.807, 2.05) is 13.8 Å². The van der Waals surface area contributed by atoms with E-state index in [1.165, 1.54) is 24.3 Å². The maximum absolute atomic E-state index is 13.3. The Morgan fingerprint density at radius 3 is 1.33 bits per heavy atom. The third-order valence-corrected chi connectivity index (χ3v) is 6.48. The van der Waals surface area contributed by atoms with E-state index in [9.17, 15) is 34.2 Å². The van der Waals surface area contributed by atoms with Gasteiger partial charge in [-0.1, -0.05) is 63.1 Å². The molecule has 0 aliphatic heterocycles. The zero-order valence-electron chi connectivity index (χ0n) is 24.5. The van der Waals surface area contributed by atoms with Crippen LogP contribution in [0.3, 0.4) is 0 Å². The normalized spacial score (nSPS) is 25.2. The average molecular weight is 595 g/mol. The molecule has 0 aromatic carbocycles. The van der Waals surface area contributed by atoms with Gasteiger partial charge in [0.15, 0.2) is 0 Å². The fourth-order valence-electron chi connectivity index (χ4n) is 4.37. The van der Waals surface area contributed by atoms with E-state index in [0.29, 0.717) is 25.7 Å². The van der Waals surface area contributed by atoms with Crippen LogP contribution in [0.15, 0.2) is 48.6 Å². The predicted molar refractivity (Wildman–Crippen MR) is 144 cm³/mol. The highest BCUT2D eigenvalue weighted by molar-refractivity contribution is 5.99. The van der Waals surface area contributed by atoms with Crippen molar-refractivity contribution in [3.63, 3.8) is 0 Å². The molecule has 0 radical (unpaired) electrons. The minimum Gasteiger partial charge on any atom is -0.481 e. The van der Waals surface area contributed by atoms with Crippen LogP contribution >= 0.6 is 0 Å². The minimum absolute atomic E-state index is 0.470. The van der Waals surface area contributed by atoms with E-state index < -0.39 is 64.3 Å². The quantitative estimate of drug-likeness (QED) is 0.125. The van der Waals surface area contributed by atoms with Gasteiger partial charge in [-0.3, -0.25) is 9.59 Å². The van der Waals surface area contributed by atoms with Gasteiger partial charge >= 0.3 is 30.0 Å². The molecule has 13 heteroatoms. The third-order valence-electron chi connectivity index (χ3n) is 6.48. The molecule has 2 rings (SSSR count). The summed E-state index contributed by atoms with van der Waals surface area (Å²) in [5, 5.41) is 19.6. The SMILES string of the molecule is CCCC(C)(C)OOC1(C(=O)OC(=O)OC(=O)C2(OOC(C)(C)CCC)C=CC=CC2C(=O)O)C=CC=CC1C(=O)O. The van der Waals surface area contributed by atoms with Gasteiger partial charge < -0.3 is 19.7 Å². The lowest BCUT2D eigenvalue weighted by Gasteiger charge is -2.36. The number of esters is 2. The molecule has 0 spiro atoms. The number of rotatable bonds is 14. The fraction of sp³-hybridized carbons (Fsp3) is 0.552. The van der Waals surface area contributed by atoms with Crippen LogP contribution in [0.25, 0.3) is 0 Å². The number of hydrogen-bond acceptors (Lipinski definition) is 11. The standard InChI is InChI=1S/C29H38O13/c1-7-15-26(3,4)39-41-28(17-11-9-13-19(28)21(30)31)23(34)37-25(36)38-24(35)29(42-40-27(5,6)16-8-2)18-12-10-14-20(29)22(32)33/h9-14,17-20H,7-8,15-16H2,1-6H3,(H,30,31)(H,32,33). The molecule has 232 valence electrons.